The number of carbonyl (C=O) groups excluding carboxylic acids is 1. The van der Waals surface area contributed by atoms with Gasteiger partial charge in [0.1, 0.15) is 6.61 Å². The van der Waals surface area contributed by atoms with Gasteiger partial charge in [-0.05, 0) is 17.7 Å². The van der Waals surface area contributed by atoms with Crippen LogP contribution in [0, 0.1) is 0 Å². The minimum absolute atomic E-state index is 0.173. The number of amides is 1. The van der Waals surface area contributed by atoms with Crippen LogP contribution in [0.3, 0.4) is 0 Å². The fourth-order valence-corrected chi connectivity index (χ4v) is 2.50. The molecule has 1 N–H and O–H groups in total. The number of ether oxygens (including phenoxy) is 2. The monoisotopic (exact) mass is 351 g/mol. The summed E-state index contributed by atoms with van der Waals surface area (Å²) in [5.74, 6) is 1.15. The lowest BCUT2D eigenvalue weighted by atomic mass is 10.2. The van der Waals surface area contributed by atoms with Crippen molar-refractivity contribution in [3.8, 4) is 11.5 Å². The van der Waals surface area contributed by atoms with Crippen LogP contribution < -0.4 is 14.8 Å². The van der Waals surface area contributed by atoms with Crippen LogP contribution in [0.5, 0.6) is 11.5 Å². The maximum absolute atomic E-state index is 12.2. The zero-order valence-electron chi connectivity index (χ0n) is 14.6. The number of nitrogens with one attached hydrogen (secondary N) is 1. The molecule has 0 atom stereocenters. The van der Waals surface area contributed by atoms with Crippen LogP contribution in [0.4, 0.5) is 0 Å². The zero-order chi connectivity index (χ0) is 18.2. The minimum atomic E-state index is -0.173. The molecule has 3 rings (SSSR count). The van der Waals surface area contributed by atoms with Crippen molar-refractivity contribution in [1.29, 1.82) is 0 Å². The van der Waals surface area contributed by atoms with E-state index in [9.17, 15) is 4.79 Å². The fourth-order valence-electron chi connectivity index (χ4n) is 2.50. The summed E-state index contributed by atoms with van der Waals surface area (Å²) in [6, 6.07) is 17.4. The molecule has 6 nitrogen and oxygen atoms in total. The third-order valence-electron chi connectivity index (χ3n) is 3.80. The molecule has 1 aromatic heterocycles. The van der Waals surface area contributed by atoms with Gasteiger partial charge in [-0.15, -0.1) is 0 Å². The molecule has 0 unspecified atom stereocenters. The number of aromatic nitrogens is 2. The second-order valence-electron chi connectivity index (χ2n) is 5.67. The number of methoxy groups -OCH3 is 1. The van der Waals surface area contributed by atoms with Gasteiger partial charge in [-0.25, -0.2) is 0 Å². The Morgan fingerprint density at radius 1 is 1.08 bits per heavy atom. The summed E-state index contributed by atoms with van der Waals surface area (Å²) in [4.78, 5) is 12.2. The Balaban J connectivity index is 1.46. The summed E-state index contributed by atoms with van der Waals surface area (Å²) >= 11 is 0. The van der Waals surface area contributed by atoms with Crippen LogP contribution in [-0.4, -0.2) is 35.9 Å². The van der Waals surface area contributed by atoms with Crippen molar-refractivity contribution in [1.82, 2.24) is 15.1 Å². The van der Waals surface area contributed by atoms with E-state index in [1.807, 2.05) is 54.6 Å². The summed E-state index contributed by atoms with van der Waals surface area (Å²) in [5.41, 5.74) is 1.66. The molecule has 2 aromatic carbocycles. The quantitative estimate of drug-likeness (QED) is 0.634. The average molecular weight is 351 g/mol. The van der Waals surface area contributed by atoms with E-state index in [2.05, 4.69) is 10.4 Å². The molecule has 0 aliphatic carbocycles. The first-order valence-corrected chi connectivity index (χ1v) is 8.36. The van der Waals surface area contributed by atoms with Crippen LogP contribution in [0.1, 0.15) is 15.9 Å². The molecule has 0 radical (unpaired) electrons. The molecule has 0 fully saturated rings. The molecule has 26 heavy (non-hydrogen) atoms. The van der Waals surface area contributed by atoms with E-state index < -0.39 is 0 Å². The van der Waals surface area contributed by atoms with E-state index in [-0.39, 0.29) is 5.91 Å². The predicted octanol–water partition coefficient (Wildman–Crippen LogP) is 2.75. The molecule has 1 amide bonds. The Morgan fingerprint density at radius 3 is 2.58 bits per heavy atom. The van der Waals surface area contributed by atoms with E-state index in [1.54, 1.807) is 24.2 Å². The van der Waals surface area contributed by atoms with Crippen molar-refractivity contribution < 1.29 is 14.3 Å². The van der Waals surface area contributed by atoms with Crippen molar-refractivity contribution in [3.63, 3.8) is 0 Å². The lowest BCUT2D eigenvalue weighted by molar-refractivity contribution is 0.0946. The molecule has 0 aliphatic rings. The first-order chi connectivity index (χ1) is 12.8. The molecule has 0 bridgehead atoms. The Bertz CT molecular complexity index is 846. The highest BCUT2D eigenvalue weighted by atomic mass is 16.5. The number of hydrogen-bond acceptors (Lipinski definition) is 4. The van der Waals surface area contributed by atoms with Gasteiger partial charge in [0.25, 0.3) is 5.91 Å². The molecule has 3 aromatic rings. The lowest BCUT2D eigenvalue weighted by Crippen LogP contribution is -2.27. The summed E-state index contributed by atoms with van der Waals surface area (Å²) in [5, 5.41) is 7.06. The van der Waals surface area contributed by atoms with Crippen molar-refractivity contribution in [2.45, 2.75) is 6.54 Å². The maximum atomic E-state index is 12.2. The smallest absolute Gasteiger partial charge is 0.254 e. The highest BCUT2D eigenvalue weighted by Crippen LogP contribution is 2.25. The molecule has 0 saturated heterocycles. The van der Waals surface area contributed by atoms with Crippen molar-refractivity contribution >= 4 is 5.91 Å². The van der Waals surface area contributed by atoms with Crippen LogP contribution in [0.25, 0.3) is 0 Å². The van der Waals surface area contributed by atoms with Gasteiger partial charge in [0.15, 0.2) is 11.5 Å². The van der Waals surface area contributed by atoms with Gasteiger partial charge in [-0.1, -0.05) is 42.5 Å². The summed E-state index contributed by atoms with van der Waals surface area (Å²) in [7, 11) is 1.59. The van der Waals surface area contributed by atoms with E-state index >= 15 is 0 Å². The van der Waals surface area contributed by atoms with Crippen molar-refractivity contribution in [2.24, 2.45) is 0 Å². The Kier molecular flexibility index (Phi) is 5.88. The van der Waals surface area contributed by atoms with Gasteiger partial charge in [0, 0.05) is 6.20 Å². The van der Waals surface area contributed by atoms with Gasteiger partial charge in [0.2, 0.25) is 0 Å². The van der Waals surface area contributed by atoms with Gasteiger partial charge in [0.05, 0.1) is 32.0 Å². The van der Waals surface area contributed by atoms with Gasteiger partial charge >= 0.3 is 0 Å². The molecule has 0 spiro atoms. The van der Waals surface area contributed by atoms with Crippen LogP contribution >= 0.6 is 0 Å². The fraction of sp³-hybridized carbons (Fsp3) is 0.200. The Morgan fingerprint density at radius 2 is 1.81 bits per heavy atom. The summed E-state index contributed by atoms with van der Waals surface area (Å²) < 4.78 is 12.6. The third kappa shape index (κ3) is 4.63. The maximum Gasteiger partial charge on any atom is 0.254 e. The standard InChI is InChI=1S/C20H21N3O3/c1-25-18-9-5-6-10-19(18)26-12-11-21-20(24)17-13-22-23(15-17)14-16-7-3-2-4-8-16/h2-10,13,15H,11-12,14H2,1H3,(H,21,24). The van der Waals surface area contributed by atoms with Crippen molar-refractivity contribution in [3.05, 3.63) is 78.1 Å². The minimum Gasteiger partial charge on any atom is -0.493 e. The first kappa shape index (κ1) is 17.5. The molecular formula is C20H21N3O3. The Labute approximate surface area is 152 Å². The topological polar surface area (TPSA) is 65.4 Å². The van der Waals surface area contributed by atoms with Crippen LogP contribution in [-0.2, 0) is 6.54 Å². The van der Waals surface area contributed by atoms with E-state index in [4.69, 9.17) is 9.47 Å². The molecule has 134 valence electrons. The average Bonchev–Trinajstić information content (AvgIpc) is 3.15. The van der Waals surface area contributed by atoms with E-state index in [1.165, 1.54) is 0 Å². The molecule has 0 aliphatic heterocycles. The first-order valence-electron chi connectivity index (χ1n) is 8.36. The highest BCUT2D eigenvalue weighted by molar-refractivity contribution is 5.93. The molecule has 6 heteroatoms. The largest absolute Gasteiger partial charge is 0.493 e. The second-order valence-corrected chi connectivity index (χ2v) is 5.67. The number of nitrogens with zero attached hydrogens (tertiary/aromatic N) is 2. The number of benzene rings is 2. The highest BCUT2D eigenvalue weighted by Gasteiger charge is 2.09. The van der Waals surface area contributed by atoms with E-state index in [0.717, 1.165) is 5.56 Å². The van der Waals surface area contributed by atoms with Gasteiger partial charge in [-0.2, -0.15) is 5.10 Å². The number of hydrogen-bond donors (Lipinski definition) is 1. The normalized spacial score (nSPS) is 10.3. The summed E-state index contributed by atoms with van der Waals surface area (Å²) in [6.07, 6.45) is 3.31. The summed E-state index contributed by atoms with van der Waals surface area (Å²) in [6.45, 7) is 1.37. The zero-order valence-corrected chi connectivity index (χ0v) is 14.6. The third-order valence-corrected chi connectivity index (χ3v) is 3.80. The van der Waals surface area contributed by atoms with Crippen LogP contribution in [0.15, 0.2) is 67.0 Å². The molecule has 1 heterocycles. The van der Waals surface area contributed by atoms with Crippen molar-refractivity contribution in [2.75, 3.05) is 20.3 Å². The van der Waals surface area contributed by atoms with E-state index in [0.29, 0.717) is 36.8 Å². The SMILES string of the molecule is COc1ccccc1OCCNC(=O)c1cnn(Cc2ccccc2)c1. The molecular weight excluding hydrogens is 330 g/mol. The van der Waals surface area contributed by atoms with Gasteiger partial charge in [-0.3, -0.25) is 9.48 Å². The van der Waals surface area contributed by atoms with Gasteiger partial charge < -0.3 is 14.8 Å². The van der Waals surface area contributed by atoms with Crippen LogP contribution in [0.2, 0.25) is 0 Å². The Hall–Kier alpha value is -3.28. The predicted molar refractivity (Wildman–Crippen MR) is 98.6 cm³/mol. The molecule has 0 saturated carbocycles. The number of carbonyl (C=O) groups is 1. The lowest BCUT2D eigenvalue weighted by Gasteiger charge is -2.10. The number of rotatable bonds is 8. The number of para-hydroxylation sites is 2. The second kappa shape index (κ2) is 8.71.